The standard InChI is InChI=1S/C9H17NO/c1-4-5-6-9(3)7-11-8(2)10-9/h4-7H2,1-3H3. The van der Waals surface area contributed by atoms with Crippen LogP contribution in [0.5, 0.6) is 0 Å². The van der Waals surface area contributed by atoms with Gasteiger partial charge in [-0.1, -0.05) is 19.8 Å². The van der Waals surface area contributed by atoms with Gasteiger partial charge in [-0.3, -0.25) is 0 Å². The Balaban J connectivity index is 2.42. The highest BCUT2D eigenvalue weighted by molar-refractivity contribution is 5.75. The zero-order chi connectivity index (χ0) is 8.32. The average molecular weight is 155 g/mol. The summed E-state index contributed by atoms with van der Waals surface area (Å²) < 4.78 is 5.32. The quantitative estimate of drug-likeness (QED) is 0.613. The molecule has 1 atom stereocenters. The van der Waals surface area contributed by atoms with Gasteiger partial charge in [0.2, 0.25) is 0 Å². The van der Waals surface area contributed by atoms with E-state index in [2.05, 4.69) is 18.8 Å². The summed E-state index contributed by atoms with van der Waals surface area (Å²) in [6.45, 7) is 7.07. The summed E-state index contributed by atoms with van der Waals surface area (Å²) in [5, 5.41) is 0. The van der Waals surface area contributed by atoms with Gasteiger partial charge in [-0.15, -0.1) is 0 Å². The molecular formula is C9H17NO. The topological polar surface area (TPSA) is 21.6 Å². The molecule has 64 valence electrons. The first kappa shape index (κ1) is 8.57. The van der Waals surface area contributed by atoms with Crippen molar-refractivity contribution >= 4 is 5.90 Å². The van der Waals surface area contributed by atoms with Crippen molar-refractivity contribution in [3.8, 4) is 0 Å². The SMILES string of the molecule is CCCCC1(C)COC(C)=N1. The molecular weight excluding hydrogens is 138 g/mol. The molecule has 0 aromatic rings. The monoisotopic (exact) mass is 155 g/mol. The second-order valence-electron chi connectivity index (χ2n) is 3.52. The third-order valence-corrected chi connectivity index (χ3v) is 2.09. The Morgan fingerprint density at radius 1 is 1.64 bits per heavy atom. The first-order valence-electron chi connectivity index (χ1n) is 4.35. The highest BCUT2D eigenvalue weighted by Crippen LogP contribution is 2.24. The smallest absolute Gasteiger partial charge is 0.180 e. The average Bonchev–Trinajstić information content (AvgIpc) is 2.28. The second-order valence-corrected chi connectivity index (χ2v) is 3.52. The molecule has 1 aliphatic rings. The van der Waals surface area contributed by atoms with Gasteiger partial charge in [-0.25, -0.2) is 4.99 Å². The highest BCUT2D eigenvalue weighted by Gasteiger charge is 2.28. The van der Waals surface area contributed by atoms with Gasteiger partial charge in [0.05, 0.1) is 5.54 Å². The lowest BCUT2D eigenvalue weighted by Gasteiger charge is -2.16. The van der Waals surface area contributed by atoms with Gasteiger partial charge in [0.1, 0.15) is 6.61 Å². The Hall–Kier alpha value is -0.530. The van der Waals surface area contributed by atoms with Gasteiger partial charge in [0, 0.05) is 6.92 Å². The van der Waals surface area contributed by atoms with E-state index in [9.17, 15) is 0 Å². The minimum atomic E-state index is 0.0834. The zero-order valence-corrected chi connectivity index (χ0v) is 7.68. The molecule has 0 bridgehead atoms. The summed E-state index contributed by atoms with van der Waals surface area (Å²) in [6, 6.07) is 0. The van der Waals surface area contributed by atoms with Crippen LogP contribution in [0.4, 0.5) is 0 Å². The van der Waals surface area contributed by atoms with Crippen molar-refractivity contribution in [2.24, 2.45) is 4.99 Å². The molecule has 0 spiro atoms. The first-order valence-corrected chi connectivity index (χ1v) is 4.35. The summed E-state index contributed by atoms with van der Waals surface area (Å²) in [5.74, 6) is 0.851. The number of nitrogens with zero attached hydrogens (tertiary/aromatic N) is 1. The fourth-order valence-electron chi connectivity index (χ4n) is 1.39. The van der Waals surface area contributed by atoms with Crippen LogP contribution in [0.3, 0.4) is 0 Å². The van der Waals surface area contributed by atoms with E-state index in [0.717, 1.165) is 18.9 Å². The molecule has 0 fully saturated rings. The van der Waals surface area contributed by atoms with Gasteiger partial charge in [0.25, 0.3) is 0 Å². The number of aliphatic imine (C=N–C) groups is 1. The normalized spacial score (nSPS) is 29.9. The highest BCUT2D eigenvalue weighted by atomic mass is 16.5. The molecule has 0 aromatic carbocycles. The van der Waals surface area contributed by atoms with Crippen LogP contribution in [0.15, 0.2) is 4.99 Å². The molecule has 0 aliphatic carbocycles. The van der Waals surface area contributed by atoms with Crippen LogP contribution in [-0.2, 0) is 4.74 Å². The molecule has 0 amide bonds. The van der Waals surface area contributed by atoms with Crippen molar-refractivity contribution in [2.75, 3.05) is 6.61 Å². The predicted octanol–water partition coefficient (Wildman–Crippen LogP) is 2.38. The van der Waals surface area contributed by atoms with Gasteiger partial charge in [-0.2, -0.15) is 0 Å². The maximum absolute atomic E-state index is 5.32. The van der Waals surface area contributed by atoms with E-state index in [1.165, 1.54) is 12.8 Å². The first-order chi connectivity index (χ1) is 5.16. The Kier molecular flexibility index (Phi) is 2.53. The molecule has 1 rings (SSSR count). The third kappa shape index (κ3) is 2.21. The van der Waals surface area contributed by atoms with Crippen molar-refractivity contribution in [3.63, 3.8) is 0 Å². The van der Waals surface area contributed by atoms with Crippen molar-refractivity contribution in [1.29, 1.82) is 0 Å². The van der Waals surface area contributed by atoms with Gasteiger partial charge in [0.15, 0.2) is 5.90 Å². The number of ether oxygens (including phenoxy) is 1. The third-order valence-electron chi connectivity index (χ3n) is 2.09. The van der Waals surface area contributed by atoms with Crippen molar-refractivity contribution in [3.05, 3.63) is 0 Å². The van der Waals surface area contributed by atoms with E-state index in [-0.39, 0.29) is 5.54 Å². The largest absolute Gasteiger partial charge is 0.479 e. The van der Waals surface area contributed by atoms with Crippen LogP contribution in [0, 0.1) is 0 Å². The van der Waals surface area contributed by atoms with Crippen LogP contribution in [0.2, 0.25) is 0 Å². The van der Waals surface area contributed by atoms with Crippen LogP contribution < -0.4 is 0 Å². The van der Waals surface area contributed by atoms with E-state index in [4.69, 9.17) is 4.74 Å². The van der Waals surface area contributed by atoms with Gasteiger partial charge < -0.3 is 4.74 Å². The molecule has 2 heteroatoms. The predicted molar refractivity (Wildman–Crippen MR) is 47.0 cm³/mol. The van der Waals surface area contributed by atoms with Crippen molar-refractivity contribution in [2.45, 2.75) is 45.6 Å². The van der Waals surface area contributed by atoms with Crippen molar-refractivity contribution in [1.82, 2.24) is 0 Å². The number of rotatable bonds is 3. The molecule has 1 unspecified atom stereocenters. The molecule has 2 nitrogen and oxygen atoms in total. The van der Waals surface area contributed by atoms with Gasteiger partial charge in [-0.05, 0) is 13.3 Å². The molecule has 1 aliphatic heterocycles. The van der Waals surface area contributed by atoms with Gasteiger partial charge >= 0.3 is 0 Å². The second kappa shape index (κ2) is 3.24. The van der Waals surface area contributed by atoms with Crippen LogP contribution in [0.1, 0.15) is 40.0 Å². The number of hydrogen-bond donors (Lipinski definition) is 0. The fraction of sp³-hybridized carbons (Fsp3) is 0.889. The number of hydrogen-bond acceptors (Lipinski definition) is 2. The van der Waals surface area contributed by atoms with E-state index in [0.29, 0.717) is 0 Å². The lowest BCUT2D eigenvalue weighted by molar-refractivity contribution is 0.253. The fourth-order valence-corrected chi connectivity index (χ4v) is 1.39. The summed E-state index contributed by atoms with van der Waals surface area (Å²) in [7, 11) is 0. The summed E-state index contributed by atoms with van der Waals surface area (Å²) in [6.07, 6.45) is 3.64. The lowest BCUT2D eigenvalue weighted by Crippen LogP contribution is -2.23. The van der Waals surface area contributed by atoms with Crippen molar-refractivity contribution < 1.29 is 4.74 Å². The minimum absolute atomic E-state index is 0.0834. The molecule has 0 aromatic heterocycles. The zero-order valence-electron chi connectivity index (χ0n) is 7.68. The molecule has 11 heavy (non-hydrogen) atoms. The summed E-state index contributed by atoms with van der Waals surface area (Å²) in [5.41, 5.74) is 0.0834. The van der Waals surface area contributed by atoms with Crippen LogP contribution >= 0.6 is 0 Å². The van der Waals surface area contributed by atoms with E-state index >= 15 is 0 Å². The Morgan fingerprint density at radius 2 is 2.36 bits per heavy atom. The molecule has 0 saturated heterocycles. The van der Waals surface area contributed by atoms with E-state index in [1.807, 2.05) is 6.92 Å². The molecule has 0 radical (unpaired) electrons. The molecule has 0 saturated carbocycles. The maximum atomic E-state index is 5.32. The lowest BCUT2D eigenvalue weighted by atomic mass is 9.97. The van der Waals surface area contributed by atoms with Crippen LogP contribution in [-0.4, -0.2) is 18.0 Å². The Morgan fingerprint density at radius 3 is 2.82 bits per heavy atom. The molecule has 1 heterocycles. The van der Waals surface area contributed by atoms with E-state index in [1.54, 1.807) is 0 Å². The molecule has 0 N–H and O–H groups in total. The van der Waals surface area contributed by atoms with E-state index < -0.39 is 0 Å². The Bertz CT molecular complexity index is 165. The number of unbranched alkanes of at least 4 members (excludes halogenated alkanes) is 1. The Labute approximate surface area is 68.7 Å². The summed E-state index contributed by atoms with van der Waals surface area (Å²) in [4.78, 5) is 4.45. The maximum Gasteiger partial charge on any atom is 0.180 e. The minimum Gasteiger partial charge on any atom is -0.479 e. The summed E-state index contributed by atoms with van der Waals surface area (Å²) >= 11 is 0. The van der Waals surface area contributed by atoms with Crippen LogP contribution in [0.25, 0.3) is 0 Å².